The maximum absolute atomic E-state index is 6.68. The highest BCUT2D eigenvalue weighted by Crippen LogP contribution is 2.43. The summed E-state index contributed by atoms with van der Waals surface area (Å²) in [5, 5.41) is 4.44. The number of nitrogens with zero attached hydrogens (tertiary/aromatic N) is 3. The van der Waals surface area contributed by atoms with Crippen LogP contribution in [-0.2, 0) is 0 Å². The molecular formula is C48H31N3O. The zero-order chi connectivity index (χ0) is 34.4. The van der Waals surface area contributed by atoms with Crippen LogP contribution in [0.25, 0.3) is 77.4 Å². The summed E-state index contributed by atoms with van der Waals surface area (Å²) in [7, 11) is 0. The van der Waals surface area contributed by atoms with Gasteiger partial charge in [0.15, 0.2) is 0 Å². The first-order chi connectivity index (χ1) is 25.8. The molecule has 10 rings (SSSR count). The topological polar surface area (TPSA) is 42.2 Å². The average molecular weight is 666 g/mol. The first kappa shape index (κ1) is 29.8. The van der Waals surface area contributed by atoms with E-state index in [0.717, 1.165) is 72.5 Å². The van der Waals surface area contributed by atoms with Gasteiger partial charge >= 0.3 is 0 Å². The van der Waals surface area contributed by atoms with Crippen molar-refractivity contribution in [2.24, 2.45) is 0 Å². The molecule has 0 unspecified atom stereocenters. The van der Waals surface area contributed by atoms with E-state index in [-0.39, 0.29) is 0 Å². The Morgan fingerprint density at radius 3 is 1.75 bits per heavy atom. The van der Waals surface area contributed by atoms with E-state index in [2.05, 4.69) is 132 Å². The number of hydrogen-bond acceptors (Lipinski definition) is 4. The Morgan fingerprint density at radius 2 is 0.981 bits per heavy atom. The lowest BCUT2D eigenvalue weighted by atomic mass is 9.98. The molecule has 0 atom stereocenters. The lowest BCUT2D eigenvalue weighted by Gasteiger charge is -2.26. The van der Waals surface area contributed by atoms with Gasteiger partial charge in [0.1, 0.15) is 11.2 Å². The molecule has 10 aromatic rings. The van der Waals surface area contributed by atoms with E-state index in [1.165, 1.54) is 21.9 Å². The molecule has 0 saturated heterocycles. The van der Waals surface area contributed by atoms with Gasteiger partial charge in [-0.2, -0.15) is 0 Å². The summed E-state index contributed by atoms with van der Waals surface area (Å²) in [5.41, 5.74) is 12.5. The number of furan rings is 1. The fourth-order valence-electron chi connectivity index (χ4n) is 7.33. The molecule has 0 aliphatic carbocycles. The summed E-state index contributed by atoms with van der Waals surface area (Å²) in [5.74, 6) is 0. The van der Waals surface area contributed by atoms with E-state index in [4.69, 9.17) is 14.4 Å². The second-order valence-corrected chi connectivity index (χ2v) is 13.0. The Bertz CT molecular complexity index is 2900. The Balaban J connectivity index is 1.15. The largest absolute Gasteiger partial charge is 0.456 e. The minimum atomic E-state index is 0.807. The molecule has 0 spiro atoms. The fraction of sp³-hybridized carbons (Fsp3) is 0. The molecule has 0 aliphatic heterocycles. The number of aromatic nitrogens is 2. The van der Waals surface area contributed by atoms with Crippen LogP contribution in [-0.4, -0.2) is 9.97 Å². The quantitative estimate of drug-likeness (QED) is 0.177. The zero-order valence-corrected chi connectivity index (χ0v) is 28.1. The van der Waals surface area contributed by atoms with Crippen LogP contribution in [0.3, 0.4) is 0 Å². The summed E-state index contributed by atoms with van der Waals surface area (Å²) in [6.07, 6.45) is 0. The number of fused-ring (bicyclic) bond motifs is 5. The van der Waals surface area contributed by atoms with E-state index < -0.39 is 0 Å². The fourth-order valence-corrected chi connectivity index (χ4v) is 7.33. The van der Waals surface area contributed by atoms with Crippen molar-refractivity contribution in [1.29, 1.82) is 0 Å². The summed E-state index contributed by atoms with van der Waals surface area (Å²) in [6, 6.07) is 65.5. The predicted molar refractivity (Wildman–Crippen MR) is 215 cm³/mol. The third-order valence-corrected chi connectivity index (χ3v) is 9.84. The van der Waals surface area contributed by atoms with Gasteiger partial charge in [-0.3, -0.25) is 0 Å². The molecule has 0 amide bonds. The van der Waals surface area contributed by atoms with Gasteiger partial charge in [0.05, 0.1) is 22.4 Å². The van der Waals surface area contributed by atoms with Gasteiger partial charge in [-0.05, 0) is 76.5 Å². The maximum Gasteiger partial charge on any atom is 0.137 e. The Kier molecular flexibility index (Phi) is 7.10. The van der Waals surface area contributed by atoms with Gasteiger partial charge in [0.2, 0.25) is 0 Å². The average Bonchev–Trinajstić information content (AvgIpc) is 3.60. The SMILES string of the molecule is c1ccc(-c2ccc(N(c3ccc4ccccc4c3)c3ccc4c(c3)oc3cccc(-c5nc6ccccc6nc5-c5ccccc5)c34)cc2)cc1. The number of rotatable bonds is 6. The summed E-state index contributed by atoms with van der Waals surface area (Å²) in [6.45, 7) is 0. The summed E-state index contributed by atoms with van der Waals surface area (Å²) >= 11 is 0. The minimum absolute atomic E-state index is 0.807. The van der Waals surface area contributed by atoms with Crippen molar-refractivity contribution in [3.63, 3.8) is 0 Å². The predicted octanol–water partition coefficient (Wildman–Crippen LogP) is 13.2. The lowest BCUT2D eigenvalue weighted by Crippen LogP contribution is -2.09. The van der Waals surface area contributed by atoms with Gasteiger partial charge in [-0.1, -0.05) is 127 Å². The van der Waals surface area contributed by atoms with E-state index >= 15 is 0 Å². The van der Waals surface area contributed by atoms with Gasteiger partial charge < -0.3 is 9.32 Å². The standard InChI is InChI=1S/C48H31N3O/c1-3-12-32(13-4-1)34-22-25-37(26-23-34)51(38-27-24-33-14-7-8-17-36(33)30-38)39-28-29-40-45(31-39)52-44-21-11-18-41(46(40)44)48-47(35-15-5-2-6-16-35)49-42-19-9-10-20-43(42)50-48/h1-31H. The first-order valence-corrected chi connectivity index (χ1v) is 17.5. The van der Waals surface area contributed by atoms with E-state index in [1.807, 2.05) is 60.7 Å². The van der Waals surface area contributed by atoms with Crippen LogP contribution >= 0.6 is 0 Å². The van der Waals surface area contributed by atoms with Crippen LogP contribution in [0.2, 0.25) is 0 Å². The number of hydrogen-bond donors (Lipinski definition) is 0. The van der Waals surface area contributed by atoms with Gasteiger partial charge in [-0.15, -0.1) is 0 Å². The van der Waals surface area contributed by atoms with Crippen LogP contribution in [0.4, 0.5) is 17.1 Å². The Labute approximate surface area is 300 Å². The highest BCUT2D eigenvalue weighted by molar-refractivity contribution is 6.14. The molecule has 52 heavy (non-hydrogen) atoms. The third-order valence-electron chi connectivity index (χ3n) is 9.84. The molecule has 4 nitrogen and oxygen atoms in total. The highest BCUT2D eigenvalue weighted by atomic mass is 16.3. The normalized spacial score (nSPS) is 11.5. The van der Waals surface area contributed by atoms with Crippen molar-refractivity contribution in [1.82, 2.24) is 9.97 Å². The lowest BCUT2D eigenvalue weighted by molar-refractivity contribution is 0.669. The Morgan fingerprint density at radius 1 is 0.385 bits per heavy atom. The molecular weight excluding hydrogens is 635 g/mol. The molecule has 2 aromatic heterocycles. The van der Waals surface area contributed by atoms with Crippen molar-refractivity contribution in [2.75, 3.05) is 4.90 Å². The maximum atomic E-state index is 6.68. The number of anilines is 3. The molecule has 4 heteroatoms. The molecule has 2 heterocycles. The smallest absolute Gasteiger partial charge is 0.137 e. The second-order valence-electron chi connectivity index (χ2n) is 13.0. The highest BCUT2D eigenvalue weighted by Gasteiger charge is 2.21. The van der Waals surface area contributed by atoms with Gasteiger partial charge in [-0.25, -0.2) is 9.97 Å². The number of benzene rings is 8. The van der Waals surface area contributed by atoms with Gasteiger partial charge in [0, 0.05) is 45.0 Å². The van der Waals surface area contributed by atoms with Crippen LogP contribution in [0, 0.1) is 0 Å². The van der Waals surface area contributed by atoms with Crippen LogP contribution in [0.15, 0.2) is 192 Å². The number of para-hydroxylation sites is 2. The van der Waals surface area contributed by atoms with Crippen molar-refractivity contribution in [2.45, 2.75) is 0 Å². The third kappa shape index (κ3) is 5.17. The molecule has 0 saturated carbocycles. The van der Waals surface area contributed by atoms with Crippen LogP contribution in [0.1, 0.15) is 0 Å². The molecule has 8 aromatic carbocycles. The minimum Gasteiger partial charge on any atom is -0.456 e. The van der Waals surface area contributed by atoms with E-state index in [9.17, 15) is 0 Å². The summed E-state index contributed by atoms with van der Waals surface area (Å²) in [4.78, 5) is 12.7. The van der Waals surface area contributed by atoms with Crippen molar-refractivity contribution >= 4 is 60.8 Å². The molecule has 0 N–H and O–H groups in total. The molecule has 0 fully saturated rings. The van der Waals surface area contributed by atoms with Crippen LogP contribution < -0.4 is 4.90 Å². The van der Waals surface area contributed by atoms with Crippen LogP contribution in [0.5, 0.6) is 0 Å². The van der Waals surface area contributed by atoms with Gasteiger partial charge in [0.25, 0.3) is 0 Å². The molecule has 0 bridgehead atoms. The molecule has 0 aliphatic rings. The second kappa shape index (κ2) is 12.4. The van der Waals surface area contributed by atoms with Crippen molar-refractivity contribution in [3.8, 4) is 33.6 Å². The van der Waals surface area contributed by atoms with E-state index in [1.54, 1.807) is 0 Å². The first-order valence-electron chi connectivity index (χ1n) is 17.5. The monoisotopic (exact) mass is 665 g/mol. The van der Waals surface area contributed by atoms with Crippen molar-refractivity contribution in [3.05, 3.63) is 188 Å². The zero-order valence-electron chi connectivity index (χ0n) is 28.1. The van der Waals surface area contributed by atoms with E-state index in [0.29, 0.717) is 0 Å². The summed E-state index contributed by atoms with van der Waals surface area (Å²) < 4.78 is 6.68. The Hall–Kier alpha value is -7.04. The molecule has 0 radical (unpaired) electrons. The molecule has 244 valence electrons. The van der Waals surface area contributed by atoms with Crippen molar-refractivity contribution < 1.29 is 4.42 Å².